The van der Waals surface area contributed by atoms with Gasteiger partial charge in [0.05, 0.1) is 5.69 Å². The number of anilines is 1. The number of thiazole rings is 1. The lowest BCUT2D eigenvalue weighted by atomic mass is 9.94. The number of hydrogen-bond acceptors (Lipinski definition) is 6. The van der Waals surface area contributed by atoms with Crippen molar-refractivity contribution in [3.63, 3.8) is 0 Å². The zero-order valence-corrected chi connectivity index (χ0v) is 16.2. The van der Waals surface area contributed by atoms with E-state index in [1.165, 1.54) is 22.7 Å². The van der Waals surface area contributed by atoms with Gasteiger partial charge in [0.25, 0.3) is 11.8 Å². The molecule has 0 aliphatic heterocycles. The number of nitrogens with zero attached hydrogens (tertiary/aromatic N) is 2. The number of hydrogen-bond donors (Lipinski definition) is 2. The fourth-order valence-electron chi connectivity index (χ4n) is 2.22. The van der Waals surface area contributed by atoms with Gasteiger partial charge in [0.2, 0.25) is 0 Å². The van der Waals surface area contributed by atoms with Gasteiger partial charge in [0, 0.05) is 28.2 Å². The van der Waals surface area contributed by atoms with Crippen LogP contribution in [0.5, 0.6) is 0 Å². The molecule has 3 N–H and O–H groups in total. The first-order valence-corrected chi connectivity index (χ1v) is 9.56. The summed E-state index contributed by atoms with van der Waals surface area (Å²) in [4.78, 5) is 34.0. The number of aromatic nitrogens is 2. The molecule has 0 radical (unpaired) electrons. The summed E-state index contributed by atoms with van der Waals surface area (Å²) in [7, 11) is 0. The molecule has 3 rings (SSSR count). The molecule has 0 spiro atoms. The van der Waals surface area contributed by atoms with Gasteiger partial charge < -0.3 is 11.1 Å². The first-order valence-electron chi connectivity index (χ1n) is 7.87. The van der Waals surface area contributed by atoms with Crippen LogP contribution in [0.4, 0.5) is 5.69 Å². The molecule has 2 amide bonds. The number of amides is 2. The third-order valence-corrected chi connectivity index (χ3v) is 6.06. The van der Waals surface area contributed by atoms with Crippen molar-refractivity contribution in [1.29, 1.82) is 0 Å². The monoisotopic (exact) mass is 386 g/mol. The molecule has 0 saturated carbocycles. The summed E-state index contributed by atoms with van der Waals surface area (Å²) in [5.74, 6) is -0.938. The van der Waals surface area contributed by atoms with Crippen LogP contribution in [0.1, 0.15) is 45.8 Å². The molecule has 0 saturated heterocycles. The van der Waals surface area contributed by atoms with Crippen LogP contribution in [0.25, 0.3) is 10.6 Å². The van der Waals surface area contributed by atoms with Crippen LogP contribution in [0.3, 0.4) is 0 Å². The summed E-state index contributed by atoms with van der Waals surface area (Å²) >= 11 is 2.66. The molecule has 26 heavy (non-hydrogen) atoms. The van der Waals surface area contributed by atoms with Crippen LogP contribution in [-0.2, 0) is 5.41 Å². The Bertz CT molecular complexity index is 955. The average molecular weight is 387 g/mol. The number of nitrogens with one attached hydrogen (secondary N) is 1. The third-order valence-electron chi connectivity index (χ3n) is 3.59. The topological polar surface area (TPSA) is 98.0 Å². The van der Waals surface area contributed by atoms with Gasteiger partial charge >= 0.3 is 0 Å². The molecule has 0 aliphatic carbocycles. The highest BCUT2D eigenvalue weighted by Gasteiger charge is 2.23. The van der Waals surface area contributed by atoms with E-state index >= 15 is 0 Å². The lowest BCUT2D eigenvalue weighted by Gasteiger charge is -2.15. The van der Waals surface area contributed by atoms with Gasteiger partial charge in [-0.15, -0.1) is 22.7 Å². The van der Waals surface area contributed by atoms with Gasteiger partial charge in [0.1, 0.15) is 15.6 Å². The minimum Gasteiger partial charge on any atom is -0.365 e. The van der Waals surface area contributed by atoms with Gasteiger partial charge in [-0.2, -0.15) is 0 Å². The molecule has 6 nitrogen and oxygen atoms in total. The fourth-order valence-corrected chi connectivity index (χ4v) is 4.04. The predicted molar refractivity (Wildman–Crippen MR) is 105 cm³/mol. The van der Waals surface area contributed by atoms with Crippen molar-refractivity contribution >= 4 is 40.2 Å². The van der Waals surface area contributed by atoms with E-state index < -0.39 is 5.91 Å². The van der Waals surface area contributed by atoms with E-state index in [1.54, 1.807) is 23.8 Å². The van der Waals surface area contributed by atoms with Gasteiger partial charge in [0.15, 0.2) is 0 Å². The van der Waals surface area contributed by atoms with Crippen molar-refractivity contribution in [3.05, 3.63) is 51.4 Å². The molecule has 8 heteroatoms. The van der Waals surface area contributed by atoms with Crippen LogP contribution >= 0.6 is 22.7 Å². The van der Waals surface area contributed by atoms with Gasteiger partial charge in [-0.05, 0) is 23.6 Å². The van der Waals surface area contributed by atoms with Crippen molar-refractivity contribution < 1.29 is 9.59 Å². The van der Waals surface area contributed by atoms with Gasteiger partial charge in [-0.25, -0.2) is 4.98 Å². The van der Waals surface area contributed by atoms with E-state index in [0.717, 1.165) is 10.4 Å². The highest BCUT2D eigenvalue weighted by molar-refractivity contribution is 7.15. The van der Waals surface area contributed by atoms with Crippen LogP contribution < -0.4 is 11.1 Å². The van der Waals surface area contributed by atoms with Crippen LogP contribution in [0.2, 0.25) is 0 Å². The number of carbonyl (C=O) groups excluding carboxylic acids is 2. The van der Waals surface area contributed by atoms with Crippen LogP contribution in [0, 0.1) is 0 Å². The largest absolute Gasteiger partial charge is 0.365 e. The highest BCUT2D eigenvalue weighted by Crippen LogP contribution is 2.35. The Hall–Kier alpha value is -2.58. The molecule has 0 fully saturated rings. The Morgan fingerprint density at radius 2 is 2.04 bits per heavy atom. The molecule has 0 unspecified atom stereocenters. The molecule has 134 valence electrons. The Labute approximate surface area is 159 Å². The van der Waals surface area contributed by atoms with Crippen molar-refractivity contribution in [1.82, 2.24) is 9.97 Å². The Morgan fingerprint density at radius 1 is 1.27 bits per heavy atom. The van der Waals surface area contributed by atoms with E-state index in [4.69, 9.17) is 5.73 Å². The minimum atomic E-state index is -0.560. The molecular weight excluding hydrogens is 368 g/mol. The maximum Gasteiger partial charge on any atom is 0.275 e. The Balaban J connectivity index is 1.86. The summed E-state index contributed by atoms with van der Waals surface area (Å²) in [5.41, 5.74) is 6.88. The van der Waals surface area contributed by atoms with Crippen molar-refractivity contribution in [3.8, 4) is 10.6 Å². The highest BCUT2D eigenvalue weighted by atomic mass is 32.1. The standard InChI is InChI=1S/C18H18N4O2S2/c1-18(2,3)13-7-11(14(26-13)15(19)23)21-16(24)12-9-25-17(22-12)10-5-4-6-20-8-10/h4-9H,1-3H3,(H2,19,23)(H,21,24). The second-order valence-electron chi connectivity index (χ2n) is 6.70. The van der Waals surface area contributed by atoms with Crippen LogP contribution in [0.15, 0.2) is 36.0 Å². The maximum absolute atomic E-state index is 12.6. The summed E-state index contributed by atoms with van der Waals surface area (Å²) in [6.07, 6.45) is 3.37. The van der Waals surface area contributed by atoms with E-state index in [-0.39, 0.29) is 17.0 Å². The maximum atomic E-state index is 12.6. The second-order valence-corrected chi connectivity index (χ2v) is 8.61. The minimum absolute atomic E-state index is 0.147. The zero-order chi connectivity index (χ0) is 18.9. The predicted octanol–water partition coefficient (Wildman–Crippen LogP) is 3.92. The molecule has 0 atom stereocenters. The number of pyridine rings is 1. The second kappa shape index (κ2) is 6.97. The molecule has 0 aliphatic rings. The summed E-state index contributed by atoms with van der Waals surface area (Å²) in [5, 5.41) is 5.15. The summed E-state index contributed by atoms with van der Waals surface area (Å²) in [6, 6.07) is 5.50. The number of thiophene rings is 1. The average Bonchev–Trinajstić information content (AvgIpc) is 3.22. The lowest BCUT2D eigenvalue weighted by Crippen LogP contribution is -2.16. The van der Waals surface area contributed by atoms with E-state index in [1.807, 2.05) is 32.9 Å². The van der Waals surface area contributed by atoms with E-state index in [2.05, 4.69) is 15.3 Å². The summed E-state index contributed by atoms with van der Waals surface area (Å²) in [6.45, 7) is 6.11. The molecular formula is C18H18N4O2S2. The molecule has 0 bridgehead atoms. The van der Waals surface area contributed by atoms with Gasteiger partial charge in [-0.1, -0.05) is 20.8 Å². The van der Waals surface area contributed by atoms with Crippen LogP contribution in [-0.4, -0.2) is 21.8 Å². The number of carbonyl (C=O) groups is 2. The normalized spacial score (nSPS) is 11.3. The quantitative estimate of drug-likeness (QED) is 0.710. The molecule has 3 aromatic heterocycles. The molecule has 3 aromatic rings. The lowest BCUT2D eigenvalue weighted by molar-refractivity contribution is 0.100. The third kappa shape index (κ3) is 3.81. The van der Waals surface area contributed by atoms with E-state index in [9.17, 15) is 9.59 Å². The fraction of sp³-hybridized carbons (Fsp3) is 0.222. The van der Waals surface area contributed by atoms with Gasteiger partial charge in [-0.3, -0.25) is 14.6 Å². The summed E-state index contributed by atoms with van der Waals surface area (Å²) < 4.78 is 0. The smallest absolute Gasteiger partial charge is 0.275 e. The first kappa shape index (κ1) is 18.2. The first-order chi connectivity index (χ1) is 12.3. The molecule has 3 heterocycles. The number of primary amides is 1. The van der Waals surface area contributed by atoms with E-state index in [0.29, 0.717) is 15.6 Å². The van der Waals surface area contributed by atoms with Crippen molar-refractivity contribution in [2.24, 2.45) is 5.73 Å². The Kier molecular flexibility index (Phi) is 4.88. The number of rotatable bonds is 4. The Morgan fingerprint density at radius 3 is 2.65 bits per heavy atom. The van der Waals surface area contributed by atoms with Crippen molar-refractivity contribution in [2.75, 3.05) is 5.32 Å². The molecule has 0 aromatic carbocycles. The van der Waals surface area contributed by atoms with Crippen molar-refractivity contribution in [2.45, 2.75) is 26.2 Å². The number of nitrogens with two attached hydrogens (primary N) is 1. The SMILES string of the molecule is CC(C)(C)c1cc(NC(=O)c2csc(-c3cccnc3)n2)c(C(N)=O)s1. The zero-order valence-electron chi connectivity index (χ0n) is 14.6.